The average molecular weight is 773 g/mol. The summed E-state index contributed by atoms with van der Waals surface area (Å²) in [5, 5.41) is 10.0. The summed E-state index contributed by atoms with van der Waals surface area (Å²) < 4.78 is 5.03. The van der Waals surface area contributed by atoms with Crippen LogP contribution in [0, 0.1) is 0 Å². The fraction of sp³-hybridized carbons (Fsp3) is 0. The summed E-state index contributed by atoms with van der Waals surface area (Å²) in [7, 11) is 0. The molecule has 3 aromatic heterocycles. The van der Waals surface area contributed by atoms with Crippen molar-refractivity contribution in [2.24, 2.45) is 0 Å². The van der Waals surface area contributed by atoms with Crippen molar-refractivity contribution in [2.45, 2.75) is 0 Å². The van der Waals surface area contributed by atoms with Gasteiger partial charge in [0.1, 0.15) is 0 Å². The highest BCUT2D eigenvalue weighted by Crippen LogP contribution is 2.45. The van der Waals surface area contributed by atoms with Gasteiger partial charge in [0.25, 0.3) is 0 Å². The lowest BCUT2D eigenvalue weighted by molar-refractivity contribution is 1.19. The molecule has 12 aromatic rings. The molecule has 0 spiro atoms. The monoisotopic (exact) mass is 772 g/mol. The highest BCUT2D eigenvalue weighted by molar-refractivity contribution is 7.26. The van der Waals surface area contributed by atoms with E-state index < -0.39 is 0 Å². The Kier molecular flexibility index (Phi) is 7.62. The maximum absolute atomic E-state index is 5.52. The Balaban J connectivity index is 1.13. The minimum Gasteiger partial charge on any atom is -0.228 e. The van der Waals surface area contributed by atoms with Gasteiger partial charge in [0.2, 0.25) is 0 Å². The molecule has 0 aliphatic rings. The van der Waals surface area contributed by atoms with Crippen LogP contribution in [0.15, 0.2) is 194 Å². The Bertz CT molecular complexity index is 3450. The van der Waals surface area contributed by atoms with Crippen LogP contribution < -0.4 is 0 Å². The Morgan fingerprint density at radius 3 is 1.48 bits per heavy atom. The van der Waals surface area contributed by atoms with Crippen LogP contribution in [0.3, 0.4) is 0 Å². The minimum absolute atomic E-state index is 0.706. The zero-order chi connectivity index (χ0) is 38.2. The Hall–Kier alpha value is -6.98. The number of aromatic nitrogens is 2. The van der Waals surface area contributed by atoms with Gasteiger partial charge in [0, 0.05) is 57.0 Å². The molecule has 4 heteroatoms. The van der Waals surface area contributed by atoms with Crippen LogP contribution >= 0.6 is 22.7 Å². The second-order valence-electron chi connectivity index (χ2n) is 14.8. The van der Waals surface area contributed by atoms with E-state index in [-0.39, 0.29) is 0 Å². The lowest BCUT2D eigenvalue weighted by Crippen LogP contribution is -1.98. The molecule has 270 valence electrons. The molecule has 0 atom stereocenters. The van der Waals surface area contributed by atoms with Gasteiger partial charge in [-0.15, -0.1) is 22.7 Å². The molecule has 0 fully saturated rings. The SMILES string of the molecule is c1ccc(-c2cc(-c3cc4ccccc4c4ccccc34)ccc2-c2nc(-c3cccc4c3sc3ccccc34)cc(-c3cccc4c3sc3ccccc34)n2)cc1. The molecule has 12 rings (SSSR count). The minimum atomic E-state index is 0.706. The van der Waals surface area contributed by atoms with E-state index in [2.05, 4.69) is 194 Å². The molecule has 0 N–H and O–H groups in total. The maximum atomic E-state index is 5.52. The van der Waals surface area contributed by atoms with Crippen LogP contribution in [0.1, 0.15) is 0 Å². The Morgan fingerprint density at radius 2 is 0.828 bits per heavy atom. The van der Waals surface area contributed by atoms with Crippen LogP contribution in [0.5, 0.6) is 0 Å². The van der Waals surface area contributed by atoms with Gasteiger partial charge in [-0.25, -0.2) is 9.97 Å². The molecule has 0 bridgehead atoms. The van der Waals surface area contributed by atoms with Crippen LogP contribution in [-0.2, 0) is 0 Å². The van der Waals surface area contributed by atoms with Crippen molar-refractivity contribution in [1.29, 1.82) is 0 Å². The number of nitrogens with zero attached hydrogens (tertiary/aromatic N) is 2. The summed E-state index contributed by atoms with van der Waals surface area (Å²) in [6.07, 6.45) is 0. The number of benzene rings is 9. The van der Waals surface area contributed by atoms with E-state index in [9.17, 15) is 0 Å². The van der Waals surface area contributed by atoms with Gasteiger partial charge in [-0.05, 0) is 80.2 Å². The van der Waals surface area contributed by atoms with Crippen LogP contribution in [0.25, 0.3) is 118 Å². The standard InChI is InChI=1S/C54H32N2S2/c1-2-14-33(15-3-1)46-31-35(47-30-34-16-4-5-17-36(34)37-18-6-7-19-38(37)47)28-29-43(46)54-55-48(44-24-12-22-41-39-20-8-10-26-50(39)57-52(41)44)32-49(56-54)45-25-13-23-42-40-21-9-11-27-51(40)58-53(42)45/h1-32H. The molecular weight excluding hydrogens is 741 g/mol. The molecule has 0 radical (unpaired) electrons. The third-order valence-corrected chi connectivity index (χ3v) is 14.0. The molecule has 0 aliphatic heterocycles. The van der Waals surface area contributed by atoms with Crippen molar-refractivity contribution in [3.8, 4) is 56.2 Å². The van der Waals surface area contributed by atoms with E-state index in [0.717, 1.165) is 44.8 Å². The highest BCUT2D eigenvalue weighted by Gasteiger charge is 2.20. The summed E-state index contributed by atoms with van der Waals surface area (Å²) in [5.74, 6) is 0.706. The summed E-state index contributed by atoms with van der Waals surface area (Å²) in [5.41, 5.74) is 9.65. The first kappa shape index (κ1) is 33.2. The first-order chi connectivity index (χ1) is 28.7. The summed E-state index contributed by atoms with van der Waals surface area (Å²) in [6.45, 7) is 0. The predicted molar refractivity (Wildman–Crippen MR) is 250 cm³/mol. The van der Waals surface area contributed by atoms with Crippen molar-refractivity contribution in [1.82, 2.24) is 9.97 Å². The lowest BCUT2D eigenvalue weighted by Gasteiger charge is -2.16. The molecule has 0 aliphatic carbocycles. The highest BCUT2D eigenvalue weighted by atomic mass is 32.1. The van der Waals surface area contributed by atoms with E-state index in [4.69, 9.17) is 9.97 Å². The summed E-state index contributed by atoms with van der Waals surface area (Å²) in [6, 6.07) is 70.2. The third kappa shape index (κ3) is 5.30. The van der Waals surface area contributed by atoms with Gasteiger partial charge < -0.3 is 0 Å². The van der Waals surface area contributed by atoms with Crippen LogP contribution in [0.2, 0.25) is 0 Å². The molecule has 2 nitrogen and oxygen atoms in total. The molecule has 0 saturated heterocycles. The summed E-state index contributed by atoms with van der Waals surface area (Å²) >= 11 is 3.67. The largest absolute Gasteiger partial charge is 0.228 e. The van der Waals surface area contributed by atoms with Crippen molar-refractivity contribution in [3.05, 3.63) is 194 Å². The van der Waals surface area contributed by atoms with E-state index in [1.54, 1.807) is 0 Å². The molecule has 58 heavy (non-hydrogen) atoms. The second-order valence-corrected chi connectivity index (χ2v) is 16.9. The maximum Gasteiger partial charge on any atom is 0.161 e. The van der Waals surface area contributed by atoms with Crippen molar-refractivity contribution in [2.75, 3.05) is 0 Å². The van der Waals surface area contributed by atoms with Gasteiger partial charge in [-0.1, -0.05) is 158 Å². The van der Waals surface area contributed by atoms with Crippen molar-refractivity contribution >= 4 is 84.6 Å². The zero-order valence-electron chi connectivity index (χ0n) is 31.2. The molecule has 3 heterocycles. The van der Waals surface area contributed by atoms with Gasteiger partial charge in [0.05, 0.1) is 11.4 Å². The smallest absolute Gasteiger partial charge is 0.161 e. The van der Waals surface area contributed by atoms with E-state index in [1.165, 1.54) is 67.5 Å². The topological polar surface area (TPSA) is 25.8 Å². The van der Waals surface area contributed by atoms with Gasteiger partial charge in [-0.2, -0.15) is 0 Å². The van der Waals surface area contributed by atoms with E-state index in [1.807, 2.05) is 22.7 Å². The molecule has 0 amide bonds. The quantitative estimate of drug-likeness (QED) is 0.163. The van der Waals surface area contributed by atoms with Crippen LogP contribution in [-0.4, -0.2) is 9.97 Å². The number of hydrogen-bond acceptors (Lipinski definition) is 4. The second kappa shape index (κ2) is 13.3. The average Bonchev–Trinajstić information content (AvgIpc) is 3.88. The molecule has 0 saturated carbocycles. The zero-order valence-corrected chi connectivity index (χ0v) is 32.8. The fourth-order valence-corrected chi connectivity index (χ4v) is 11.2. The normalized spacial score (nSPS) is 11.8. The molecular formula is C54H32N2S2. The van der Waals surface area contributed by atoms with Crippen LogP contribution in [0.4, 0.5) is 0 Å². The predicted octanol–water partition coefficient (Wildman–Crippen LogP) is 15.9. The van der Waals surface area contributed by atoms with Crippen molar-refractivity contribution in [3.63, 3.8) is 0 Å². The fourth-order valence-electron chi connectivity index (χ4n) is 8.80. The number of hydrogen-bond donors (Lipinski definition) is 0. The number of thiophene rings is 2. The van der Waals surface area contributed by atoms with Crippen molar-refractivity contribution < 1.29 is 0 Å². The third-order valence-electron chi connectivity index (χ3n) is 11.5. The first-order valence-electron chi connectivity index (χ1n) is 19.6. The Labute approximate surface area is 343 Å². The van der Waals surface area contributed by atoms with Gasteiger partial charge >= 0.3 is 0 Å². The Morgan fingerprint density at radius 1 is 0.293 bits per heavy atom. The number of fused-ring (bicyclic) bond motifs is 9. The molecule has 0 unspecified atom stereocenters. The number of rotatable bonds is 5. The first-order valence-corrected chi connectivity index (χ1v) is 21.2. The van der Waals surface area contributed by atoms with Gasteiger partial charge in [-0.3, -0.25) is 0 Å². The van der Waals surface area contributed by atoms with E-state index in [0.29, 0.717) is 5.82 Å². The van der Waals surface area contributed by atoms with E-state index >= 15 is 0 Å². The molecule has 9 aromatic carbocycles. The lowest BCUT2D eigenvalue weighted by atomic mass is 9.90. The summed E-state index contributed by atoms with van der Waals surface area (Å²) in [4.78, 5) is 11.0. The van der Waals surface area contributed by atoms with Gasteiger partial charge in [0.15, 0.2) is 5.82 Å².